The fourth-order valence-electron chi connectivity index (χ4n) is 3.64. The van der Waals surface area contributed by atoms with Crippen molar-refractivity contribution in [2.45, 2.75) is 19.6 Å². The van der Waals surface area contributed by atoms with Gasteiger partial charge < -0.3 is 14.8 Å². The second-order valence-corrected chi connectivity index (χ2v) is 7.91. The van der Waals surface area contributed by atoms with E-state index in [-0.39, 0.29) is 10.6 Å². The maximum Gasteiger partial charge on any atom is 0.433 e. The Kier molecular flexibility index (Phi) is 6.47. The van der Waals surface area contributed by atoms with Crippen LogP contribution in [0.5, 0.6) is 11.5 Å². The molecular formula is C24H20ClF3N4O2. The van der Waals surface area contributed by atoms with Crippen molar-refractivity contribution < 1.29 is 22.6 Å². The van der Waals surface area contributed by atoms with Gasteiger partial charge in [-0.3, -0.25) is 0 Å². The molecule has 4 aromatic rings. The molecule has 6 nitrogen and oxygen atoms in total. The SMILES string of the molecule is COc1ccc(CNc2nnc(C)c3cc(-c4cc(Cl)cnc4C(F)(F)F)ccc23)c(OC)c1. The summed E-state index contributed by atoms with van der Waals surface area (Å²) in [5.74, 6) is 1.80. The highest BCUT2D eigenvalue weighted by molar-refractivity contribution is 6.30. The van der Waals surface area contributed by atoms with Gasteiger partial charge >= 0.3 is 6.18 Å². The minimum absolute atomic E-state index is 0.101. The molecule has 2 heterocycles. The van der Waals surface area contributed by atoms with Crippen molar-refractivity contribution >= 4 is 28.2 Å². The second kappa shape index (κ2) is 9.34. The van der Waals surface area contributed by atoms with Crippen LogP contribution in [0.25, 0.3) is 21.9 Å². The molecule has 1 N–H and O–H groups in total. The molecule has 0 atom stereocenters. The number of anilines is 1. The van der Waals surface area contributed by atoms with Gasteiger partial charge in [-0.25, -0.2) is 4.98 Å². The number of halogens is 4. The highest BCUT2D eigenvalue weighted by Gasteiger charge is 2.35. The van der Waals surface area contributed by atoms with Crippen LogP contribution in [0.4, 0.5) is 19.0 Å². The molecule has 0 spiro atoms. The lowest BCUT2D eigenvalue weighted by Crippen LogP contribution is -2.10. The lowest BCUT2D eigenvalue weighted by atomic mass is 9.99. The Morgan fingerprint density at radius 3 is 2.47 bits per heavy atom. The van der Waals surface area contributed by atoms with Crippen molar-refractivity contribution in [2.24, 2.45) is 0 Å². The quantitative estimate of drug-likeness (QED) is 0.343. The summed E-state index contributed by atoms with van der Waals surface area (Å²) in [5.41, 5.74) is 0.674. The number of pyridine rings is 1. The Morgan fingerprint density at radius 1 is 0.971 bits per heavy atom. The van der Waals surface area contributed by atoms with Crippen LogP contribution in [0.3, 0.4) is 0 Å². The molecule has 0 saturated heterocycles. The van der Waals surface area contributed by atoms with Crippen molar-refractivity contribution in [2.75, 3.05) is 19.5 Å². The van der Waals surface area contributed by atoms with Gasteiger partial charge in [-0.05, 0) is 42.8 Å². The number of aryl methyl sites for hydroxylation is 1. The van der Waals surface area contributed by atoms with E-state index < -0.39 is 11.9 Å². The van der Waals surface area contributed by atoms with E-state index in [4.69, 9.17) is 21.1 Å². The predicted octanol–water partition coefficient (Wildman–Crippen LogP) is 6.30. The summed E-state index contributed by atoms with van der Waals surface area (Å²) >= 11 is 5.95. The third-order valence-electron chi connectivity index (χ3n) is 5.34. The molecule has 2 aromatic carbocycles. The molecule has 0 aliphatic rings. The number of alkyl halides is 3. The van der Waals surface area contributed by atoms with E-state index in [0.717, 1.165) is 11.8 Å². The highest BCUT2D eigenvalue weighted by Crippen LogP contribution is 2.38. The first-order valence-corrected chi connectivity index (χ1v) is 10.5. The van der Waals surface area contributed by atoms with Crippen LogP contribution in [0.15, 0.2) is 48.7 Å². The second-order valence-electron chi connectivity index (χ2n) is 7.47. The van der Waals surface area contributed by atoms with Gasteiger partial charge in [0.15, 0.2) is 11.5 Å². The van der Waals surface area contributed by atoms with Crippen LogP contribution in [0.1, 0.15) is 17.0 Å². The Bertz CT molecular complexity index is 1360. The molecule has 0 aliphatic heterocycles. The largest absolute Gasteiger partial charge is 0.497 e. The number of fused-ring (bicyclic) bond motifs is 1. The maximum absolute atomic E-state index is 13.5. The summed E-state index contributed by atoms with van der Waals surface area (Å²) < 4.78 is 51.3. The van der Waals surface area contributed by atoms with Gasteiger partial charge in [0.25, 0.3) is 0 Å². The minimum atomic E-state index is -4.62. The number of aromatic nitrogens is 3. The first kappa shape index (κ1) is 23.6. The van der Waals surface area contributed by atoms with E-state index in [2.05, 4.69) is 20.5 Å². The number of hydrogen-bond acceptors (Lipinski definition) is 6. The average Bonchev–Trinajstić information content (AvgIpc) is 2.82. The molecular weight excluding hydrogens is 469 g/mol. The van der Waals surface area contributed by atoms with Crippen LogP contribution in [-0.2, 0) is 12.7 Å². The summed E-state index contributed by atoms with van der Waals surface area (Å²) in [5, 5.41) is 13.2. The summed E-state index contributed by atoms with van der Waals surface area (Å²) in [6.45, 7) is 2.13. The van der Waals surface area contributed by atoms with Gasteiger partial charge in [0.05, 0.1) is 24.9 Å². The van der Waals surface area contributed by atoms with Crippen LogP contribution in [0, 0.1) is 6.92 Å². The molecule has 10 heteroatoms. The number of nitrogens with zero attached hydrogens (tertiary/aromatic N) is 3. The fraction of sp³-hybridized carbons (Fsp3) is 0.208. The number of methoxy groups -OCH3 is 2. The molecule has 2 aromatic heterocycles. The normalized spacial score (nSPS) is 11.5. The first-order chi connectivity index (χ1) is 16.2. The van der Waals surface area contributed by atoms with Crippen LogP contribution in [-0.4, -0.2) is 29.4 Å². The molecule has 176 valence electrons. The van der Waals surface area contributed by atoms with E-state index in [0.29, 0.717) is 45.9 Å². The molecule has 4 rings (SSSR count). The molecule has 0 unspecified atom stereocenters. The van der Waals surface area contributed by atoms with Crippen molar-refractivity contribution in [3.8, 4) is 22.6 Å². The topological polar surface area (TPSA) is 69.2 Å². The average molecular weight is 489 g/mol. The molecule has 0 fully saturated rings. The monoisotopic (exact) mass is 488 g/mol. The molecule has 0 amide bonds. The Morgan fingerprint density at radius 2 is 1.76 bits per heavy atom. The third-order valence-corrected chi connectivity index (χ3v) is 5.55. The van der Waals surface area contributed by atoms with E-state index in [1.54, 1.807) is 45.4 Å². The number of ether oxygens (including phenoxy) is 2. The van der Waals surface area contributed by atoms with E-state index in [9.17, 15) is 13.2 Å². The number of nitrogens with one attached hydrogen (secondary N) is 1. The van der Waals surface area contributed by atoms with E-state index >= 15 is 0 Å². The van der Waals surface area contributed by atoms with Gasteiger partial charge in [0, 0.05) is 40.7 Å². The molecule has 0 radical (unpaired) electrons. The Balaban J connectivity index is 1.72. The van der Waals surface area contributed by atoms with Crippen molar-refractivity contribution in [1.82, 2.24) is 15.2 Å². The number of hydrogen-bond donors (Lipinski definition) is 1. The van der Waals surface area contributed by atoms with Crippen molar-refractivity contribution in [1.29, 1.82) is 0 Å². The van der Waals surface area contributed by atoms with Gasteiger partial charge in [0.1, 0.15) is 11.5 Å². The van der Waals surface area contributed by atoms with Gasteiger partial charge in [-0.2, -0.15) is 18.3 Å². The zero-order valence-electron chi connectivity index (χ0n) is 18.5. The molecule has 0 aliphatic carbocycles. The first-order valence-electron chi connectivity index (χ1n) is 10.2. The smallest absolute Gasteiger partial charge is 0.433 e. The van der Waals surface area contributed by atoms with Crippen molar-refractivity contribution in [3.63, 3.8) is 0 Å². The zero-order valence-corrected chi connectivity index (χ0v) is 19.3. The summed E-state index contributed by atoms with van der Waals surface area (Å²) in [6, 6.07) is 11.7. The minimum Gasteiger partial charge on any atom is -0.497 e. The number of benzene rings is 2. The summed E-state index contributed by atoms with van der Waals surface area (Å²) in [6.07, 6.45) is -3.63. The van der Waals surface area contributed by atoms with E-state index in [1.165, 1.54) is 6.07 Å². The molecule has 0 saturated carbocycles. The molecule has 0 bridgehead atoms. The van der Waals surface area contributed by atoms with Crippen molar-refractivity contribution in [3.05, 3.63) is 70.6 Å². The predicted molar refractivity (Wildman–Crippen MR) is 124 cm³/mol. The standard InChI is InChI=1S/C24H20ClF3N4O2/c1-13-19-8-14(20-9-16(25)12-29-22(20)24(26,27)28)5-7-18(19)23(32-31-13)30-11-15-4-6-17(33-2)10-21(15)34-3/h4-10,12H,11H2,1-3H3,(H,30,32). The molecule has 34 heavy (non-hydrogen) atoms. The maximum atomic E-state index is 13.5. The lowest BCUT2D eigenvalue weighted by Gasteiger charge is -2.15. The van der Waals surface area contributed by atoms with Crippen LogP contribution < -0.4 is 14.8 Å². The van der Waals surface area contributed by atoms with Crippen LogP contribution in [0.2, 0.25) is 5.02 Å². The summed E-state index contributed by atoms with van der Waals surface area (Å²) in [7, 11) is 3.15. The Hall–Kier alpha value is -3.59. The van der Waals surface area contributed by atoms with E-state index in [1.807, 2.05) is 12.1 Å². The zero-order chi connectivity index (χ0) is 24.5. The fourth-order valence-corrected chi connectivity index (χ4v) is 3.80. The Labute approximate surface area is 198 Å². The van der Waals surface area contributed by atoms with Gasteiger partial charge in [-0.15, -0.1) is 5.10 Å². The lowest BCUT2D eigenvalue weighted by molar-refractivity contribution is -0.140. The third kappa shape index (κ3) is 4.70. The summed E-state index contributed by atoms with van der Waals surface area (Å²) in [4.78, 5) is 3.52. The highest BCUT2D eigenvalue weighted by atomic mass is 35.5. The van der Waals surface area contributed by atoms with Crippen LogP contribution >= 0.6 is 11.6 Å². The van der Waals surface area contributed by atoms with Gasteiger partial charge in [0.2, 0.25) is 0 Å². The van der Waals surface area contributed by atoms with Gasteiger partial charge in [-0.1, -0.05) is 17.7 Å². The number of rotatable bonds is 6.